The molecule has 2 atom stereocenters. The number of carbonyl (C=O) groups is 4. The summed E-state index contributed by atoms with van der Waals surface area (Å²) in [5.74, 6) is -1.57. The lowest BCUT2D eigenvalue weighted by Crippen LogP contribution is -2.48. The van der Waals surface area contributed by atoms with Gasteiger partial charge in [-0.1, -0.05) is 18.2 Å². The van der Waals surface area contributed by atoms with Gasteiger partial charge in [-0.15, -0.1) is 0 Å². The Kier molecular flexibility index (Phi) is 8.07. The first-order chi connectivity index (χ1) is 12.2. The molecule has 5 amide bonds. The number of anilines is 1. The van der Waals surface area contributed by atoms with Crippen molar-refractivity contribution in [3.63, 3.8) is 0 Å². The monoisotopic (exact) mass is 364 g/mol. The number of hydrogen-bond acceptors (Lipinski definition) is 5. The zero-order valence-electron chi connectivity index (χ0n) is 15.2. The SMILES string of the molecule is CC(C)NC(=O)NC(=O)[C@H](C)OC(=O)[C@H](C)NC(=O)Nc1ccccc1. The maximum absolute atomic E-state index is 12.0. The molecule has 0 aromatic heterocycles. The molecule has 0 spiro atoms. The first kappa shape index (κ1) is 20.9. The Morgan fingerprint density at radius 1 is 0.885 bits per heavy atom. The number of urea groups is 2. The number of rotatable bonds is 6. The zero-order valence-corrected chi connectivity index (χ0v) is 15.2. The van der Waals surface area contributed by atoms with Crippen LogP contribution in [-0.2, 0) is 14.3 Å². The van der Waals surface area contributed by atoms with Crippen molar-refractivity contribution in [1.29, 1.82) is 0 Å². The molecule has 9 heteroatoms. The molecule has 1 aromatic rings. The molecule has 26 heavy (non-hydrogen) atoms. The molecule has 0 bridgehead atoms. The second kappa shape index (κ2) is 10.0. The van der Waals surface area contributed by atoms with Crippen molar-refractivity contribution in [2.45, 2.75) is 45.9 Å². The van der Waals surface area contributed by atoms with E-state index in [1.807, 2.05) is 0 Å². The fourth-order valence-corrected chi connectivity index (χ4v) is 1.79. The van der Waals surface area contributed by atoms with Crippen LogP contribution < -0.4 is 21.3 Å². The molecule has 0 aliphatic carbocycles. The van der Waals surface area contributed by atoms with E-state index in [4.69, 9.17) is 4.74 Å². The lowest BCUT2D eigenvalue weighted by molar-refractivity contribution is -0.155. The number of nitrogens with one attached hydrogen (secondary N) is 4. The van der Waals surface area contributed by atoms with Crippen LogP contribution in [0.4, 0.5) is 15.3 Å². The number of carbonyl (C=O) groups excluding carboxylic acids is 4. The normalized spacial score (nSPS) is 12.5. The van der Waals surface area contributed by atoms with E-state index in [2.05, 4.69) is 21.3 Å². The van der Waals surface area contributed by atoms with Gasteiger partial charge in [0.05, 0.1) is 0 Å². The Labute approximate surface area is 151 Å². The van der Waals surface area contributed by atoms with Gasteiger partial charge in [0.25, 0.3) is 5.91 Å². The summed E-state index contributed by atoms with van der Waals surface area (Å²) in [5, 5.41) is 9.50. The predicted molar refractivity (Wildman–Crippen MR) is 95.4 cm³/mol. The van der Waals surface area contributed by atoms with Gasteiger partial charge in [-0.3, -0.25) is 10.1 Å². The van der Waals surface area contributed by atoms with Gasteiger partial charge < -0.3 is 20.7 Å². The number of esters is 1. The van der Waals surface area contributed by atoms with Gasteiger partial charge in [0.2, 0.25) is 0 Å². The Hall–Kier alpha value is -3.10. The molecule has 0 fully saturated rings. The highest BCUT2D eigenvalue weighted by atomic mass is 16.5. The average molecular weight is 364 g/mol. The number of para-hydroxylation sites is 1. The zero-order chi connectivity index (χ0) is 19.7. The third-order valence-corrected chi connectivity index (χ3v) is 3.05. The third-order valence-electron chi connectivity index (χ3n) is 3.05. The molecule has 142 valence electrons. The van der Waals surface area contributed by atoms with E-state index < -0.39 is 36.1 Å². The Balaban J connectivity index is 2.43. The summed E-state index contributed by atoms with van der Waals surface area (Å²) in [6.45, 7) is 6.22. The van der Waals surface area contributed by atoms with Gasteiger partial charge in [-0.2, -0.15) is 0 Å². The van der Waals surface area contributed by atoms with Crippen molar-refractivity contribution in [2.24, 2.45) is 0 Å². The molecule has 0 unspecified atom stereocenters. The molecular formula is C17H24N4O5. The van der Waals surface area contributed by atoms with Gasteiger partial charge in [0.1, 0.15) is 6.04 Å². The summed E-state index contributed by atoms with van der Waals surface area (Å²) in [6.07, 6.45) is -1.19. The first-order valence-corrected chi connectivity index (χ1v) is 8.13. The van der Waals surface area contributed by atoms with E-state index in [1.54, 1.807) is 44.2 Å². The minimum absolute atomic E-state index is 0.145. The minimum atomic E-state index is -1.19. The average Bonchev–Trinajstić information content (AvgIpc) is 2.54. The lowest BCUT2D eigenvalue weighted by Gasteiger charge is -2.18. The molecule has 0 heterocycles. The number of imide groups is 1. The molecule has 9 nitrogen and oxygen atoms in total. The van der Waals surface area contributed by atoms with Crippen LogP contribution in [0.25, 0.3) is 0 Å². The highest BCUT2D eigenvalue weighted by Gasteiger charge is 2.24. The molecule has 0 saturated carbocycles. The van der Waals surface area contributed by atoms with Crippen molar-refractivity contribution in [3.8, 4) is 0 Å². The summed E-state index contributed by atoms with van der Waals surface area (Å²) in [6, 6.07) is 6.29. The third kappa shape index (κ3) is 7.65. The first-order valence-electron chi connectivity index (χ1n) is 8.13. The van der Waals surface area contributed by atoms with Crippen LogP contribution in [0.3, 0.4) is 0 Å². The van der Waals surface area contributed by atoms with Crippen molar-refractivity contribution < 1.29 is 23.9 Å². The van der Waals surface area contributed by atoms with Crippen LogP contribution in [-0.4, -0.2) is 42.1 Å². The van der Waals surface area contributed by atoms with Crippen LogP contribution in [0.15, 0.2) is 30.3 Å². The van der Waals surface area contributed by atoms with E-state index in [0.29, 0.717) is 5.69 Å². The van der Waals surface area contributed by atoms with Gasteiger partial charge in [-0.25, -0.2) is 14.4 Å². The van der Waals surface area contributed by atoms with Crippen LogP contribution >= 0.6 is 0 Å². The van der Waals surface area contributed by atoms with E-state index in [0.717, 1.165) is 0 Å². The fourth-order valence-electron chi connectivity index (χ4n) is 1.79. The largest absolute Gasteiger partial charge is 0.451 e. The van der Waals surface area contributed by atoms with Crippen LogP contribution in [0.1, 0.15) is 27.7 Å². The van der Waals surface area contributed by atoms with E-state index in [1.165, 1.54) is 13.8 Å². The minimum Gasteiger partial charge on any atom is -0.451 e. The number of amides is 5. The number of hydrogen-bond donors (Lipinski definition) is 4. The van der Waals surface area contributed by atoms with Gasteiger partial charge >= 0.3 is 18.0 Å². The molecule has 0 saturated heterocycles. The van der Waals surface area contributed by atoms with Crippen molar-refractivity contribution in [2.75, 3.05) is 5.32 Å². The smallest absolute Gasteiger partial charge is 0.329 e. The summed E-state index contributed by atoms with van der Waals surface area (Å²) >= 11 is 0. The molecular weight excluding hydrogens is 340 g/mol. The lowest BCUT2D eigenvalue weighted by atomic mass is 10.3. The Morgan fingerprint density at radius 2 is 1.50 bits per heavy atom. The predicted octanol–water partition coefficient (Wildman–Crippen LogP) is 1.36. The molecule has 1 aromatic carbocycles. The summed E-state index contributed by atoms with van der Waals surface area (Å²) in [5.41, 5.74) is 0.564. The van der Waals surface area contributed by atoms with E-state index in [-0.39, 0.29) is 6.04 Å². The second-order valence-corrected chi connectivity index (χ2v) is 5.88. The van der Waals surface area contributed by atoms with E-state index in [9.17, 15) is 19.2 Å². The maximum Gasteiger partial charge on any atom is 0.329 e. The van der Waals surface area contributed by atoms with Gasteiger partial charge in [0, 0.05) is 11.7 Å². The summed E-state index contributed by atoms with van der Waals surface area (Å²) < 4.78 is 4.96. The molecule has 1 rings (SSSR count). The molecule has 4 N–H and O–H groups in total. The Morgan fingerprint density at radius 3 is 2.08 bits per heavy atom. The second-order valence-electron chi connectivity index (χ2n) is 5.88. The fraction of sp³-hybridized carbons (Fsp3) is 0.412. The summed E-state index contributed by atoms with van der Waals surface area (Å²) in [4.78, 5) is 47.1. The quantitative estimate of drug-likeness (QED) is 0.567. The molecule has 0 aliphatic rings. The van der Waals surface area contributed by atoms with E-state index >= 15 is 0 Å². The van der Waals surface area contributed by atoms with Gasteiger partial charge in [-0.05, 0) is 39.8 Å². The van der Waals surface area contributed by atoms with Crippen molar-refractivity contribution in [3.05, 3.63) is 30.3 Å². The van der Waals surface area contributed by atoms with Crippen molar-refractivity contribution >= 4 is 29.6 Å². The standard InChI is InChI=1S/C17H24N4O5/c1-10(2)18-16(24)21-14(22)12(4)26-15(23)11(3)19-17(25)20-13-8-6-5-7-9-13/h5-12H,1-4H3,(H2,19,20,25)(H2,18,21,22,24)/t11-,12-/m0/s1. The number of benzene rings is 1. The maximum atomic E-state index is 12.0. The summed E-state index contributed by atoms with van der Waals surface area (Å²) in [7, 11) is 0. The molecule has 0 aliphatic heterocycles. The molecule has 0 radical (unpaired) electrons. The van der Waals surface area contributed by atoms with Crippen LogP contribution in [0.2, 0.25) is 0 Å². The number of ether oxygens (including phenoxy) is 1. The van der Waals surface area contributed by atoms with Crippen LogP contribution in [0.5, 0.6) is 0 Å². The highest BCUT2D eigenvalue weighted by Crippen LogP contribution is 2.04. The topological polar surface area (TPSA) is 126 Å². The van der Waals surface area contributed by atoms with Crippen LogP contribution in [0, 0.1) is 0 Å². The highest BCUT2D eigenvalue weighted by molar-refractivity contribution is 5.97. The van der Waals surface area contributed by atoms with Crippen molar-refractivity contribution in [1.82, 2.24) is 16.0 Å². The van der Waals surface area contributed by atoms with Gasteiger partial charge in [0.15, 0.2) is 6.10 Å². The Bertz CT molecular complexity index is 648.